The number of aromatic hydroxyl groups is 1. The summed E-state index contributed by atoms with van der Waals surface area (Å²) >= 11 is 2.81. The lowest BCUT2D eigenvalue weighted by molar-refractivity contribution is -0.166. The molecule has 0 aliphatic carbocycles. The van der Waals surface area contributed by atoms with Crippen LogP contribution >= 0.6 is 22.7 Å². The standard InChI is InChI=1S/C16H23NO5S.C10H17NO3.C5H6OS/c1-4-6-12-16(14(18)19,22-13-8-7-11(2)23-13)9-5-10-17(12)15(20)21-3;1-3-5-8-9(12)6-4-7-11(8)10(13)14-2;1-4-2-3-5(6)7-4/h7-8,12H,4-6,9-10H2,1-3H3,(H,18,19);8H,3-7H2,1-2H3;2-3,6H,1H3. The lowest BCUT2D eigenvalue weighted by Crippen LogP contribution is -2.65. The van der Waals surface area contributed by atoms with Gasteiger partial charge in [-0.15, -0.1) is 22.7 Å². The molecule has 2 amide bonds. The first-order chi connectivity index (χ1) is 20.9. The molecule has 3 atom stereocenters. The summed E-state index contributed by atoms with van der Waals surface area (Å²) in [6.07, 6.45) is 4.36. The summed E-state index contributed by atoms with van der Waals surface area (Å²) in [4.78, 5) is 52.4. The Morgan fingerprint density at radius 3 is 1.98 bits per heavy atom. The van der Waals surface area contributed by atoms with Crippen LogP contribution in [0.2, 0.25) is 0 Å². The van der Waals surface area contributed by atoms with Crippen LogP contribution in [0.5, 0.6) is 10.1 Å². The van der Waals surface area contributed by atoms with Gasteiger partial charge in [0.25, 0.3) is 0 Å². The molecule has 0 saturated carbocycles. The Bertz CT molecular complexity index is 1200. The predicted molar refractivity (Wildman–Crippen MR) is 170 cm³/mol. The molecule has 2 saturated heterocycles. The highest BCUT2D eigenvalue weighted by molar-refractivity contribution is 7.14. The fourth-order valence-corrected chi connectivity index (χ4v) is 6.79. The van der Waals surface area contributed by atoms with Gasteiger partial charge in [-0.05, 0) is 63.8 Å². The highest BCUT2D eigenvalue weighted by Gasteiger charge is 2.54. The van der Waals surface area contributed by atoms with E-state index in [1.165, 1.54) is 41.8 Å². The number of methoxy groups -OCH3 is 2. The number of carbonyl (C=O) groups is 4. The monoisotopic (exact) mass is 654 g/mol. The molecule has 4 rings (SSSR count). The van der Waals surface area contributed by atoms with E-state index in [4.69, 9.17) is 14.6 Å². The number of aliphatic carboxylic acids is 1. The van der Waals surface area contributed by atoms with Gasteiger partial charge in [-0.2, -0.15) is 0 Å². The Balaban J connectivity index is 0.000000270. The number of nitrogens with zero attached hydrogens (tertiary/aromatic N) is 2. The van der Waals surface area contributed by atoms with Crippen molar-refractivity contribution in [1.82, 2.24) is 9.80 Å². The number of rotatable bonds is 7. The number of carbonyl (C=O) groups excluding carboxylic acids is 3. The predicted octanol–water partition coefficient (Wildman–Crippen LogP) is 6.64. The molecule has 13 heteroatoms. The zero-order chi connectivity index (χ0) is 32.9. The van der Waals surface area contributed by atoms with E-state index >= 15 is 0 Å². The van der Waals surface area contributed by atoms with Crippen LogP contribution in [-0.4, -0.2) is 88.9 Å². The van der Waals surface area contributed by atoms with Crippen LogP contribution in [0.25, 0.3) is 0 Å². The average molecular weight is 655 g/mol. The molecule has 0 radical (unpaired) electrons. The maximum absolute atomic E-state index is 12.1. The van der Waals surface area contributed by atoms with Crippen molar-refractivity contribution in [3.8, 4) is 10.1 Å². The number of aryl methyl sites for hydroxylation is 2. The summed E-state index contributed by atoms with van der Waals surface area (Å²) in [5, 5.41) is 19.6. The van der Waals surface area contributed by atoms with Crippen LogP contribution < -0.4 is 4.74 Å². The van der Waals surface area contributed by atoms with Crippen LogP contribution in [0, 0.1) is 13.8 Å². The summed E-state index contributed by atoms with van der Waals surface area (Å²) in [5.41, 5.74) is -1.43. The second kappa shape index (κ2) is 17.8. The minimum atomic E-state index is -1.43. The lowest BCUT2D eigenvalue weighted by atomic mass is 9.82. The first-order valence-electron chi connectivity index (χ1n) is 14.9. The van der Waals surface area contributed by atoms with Crippen molar-refractivity contribution in [2.24, 2.45) is 0 Å². The fourth-order valence-electron chi connectivity index (χ4n) is 5.41. The van der Waals surface area contributed by atoms with E-state index in [9.17, 15) is 24.3 Å². The van der Waals surface area contributed by atoms with Crippen molar-refractivity contribution in [3.05, 3.63) is 34.0 Å². The largest absolute Gasteiger partial charge is 0.499 e. The number of ether oxygens (including phenoxy) is 3. The van der Waals surface area contributed by atoms with Gasteiger partial charge >= 0.3 is 18.2 Å². The third kappa shape index (κ3) is 9.85. The molecule has 44 heavy (non-hydrogen) atoms. The molecule has 2 aliphatic heterocycles. The van der Waals surface area contributed by atoms with Crippen LogP contribution in [0.15, 0.2) is 24.3 Å². The Labute approximate surface area is 267 Å². The van der Waals surface area contributed by atoms with Gasteiger partial charge in [0, 0.05) is 35.7 Å². The Morgan fingerprint density at radius 1 is 0.909 bits per heavy atom. The Hall–Kier alpha value is -3.32. The van der Waals surface area contributed by atoms with Crippen molar-refractivity contribution in [2.75, 3.05) is 27.3 Å². The maximum atomic E-state index is 12.1. The fraction of sp³-hybridized carbons (Fsp3) is 0.613. The molecule has 246 valence electrons. The molecule has 0 bridgehead atoms. The van der Waals surface area contributed by atoms with Gasteiger partial charge < -0.3 is 29.3 Å². The molecule has 0 spiro atoms. The van der Waals surface area contributed by atoms with Gasteiger partial charge in [-0.1, -0.05) is 26.7 Å². The number of piperidine rings is 2. The highest BCUT2D eigenvalue weighted by atomic mass is 32.1. The molecular formula is C31H46N2O9S2. The van der Waals surface area contributed by atoms with E-state index in [1.54, 1.807) is 17.0 Å². The smallest absolute Gasteiger partial charge is 0.410 e. The first kappa shape index (κ1) is 36.9. The molecule has 3 unspecified atom stereocenters. The minimum absolute atomic E-state index is 0.170. The molecule has 0 aromatic carbocycles. The number of hydrogen-bond donors (Lipinski definition) is 2. The molecule has 11 nitrogen and oxygen atoms in total. The number of thiophene rings is 2. The van der Waals surface area contributed by atoms with E-state index < -0.39 is 23.7 Å². The van der Waals surface area contributed by atoms with E-state index in [0.29, 0.717) is 48.9 Å². The molecule has 2 aliphatic rings. The quantitative estimate of drug-likeness (QED) is 0.336. The second-order valence-corrected chi connectivity index (χ2v) is 13.2. The van der Waals surface area contributed by atoms with Crippen molar-refractivity contribution in [2.45, 2.75) is 96.7 Å². The van der Waals surface area contributed by atoms with Crippen LogP contribution in [0.4, 0.5) is 9.59 Å². The molecule has 2 aromatic heterocycles. The number of carboxylic acid groups (broad SMARTS) is 1. The average Bonchev–Trinajstić information content (AvgIpc) is 3.60. The third-order valence-corrected chi connectivity index (χ3v) is 9.14. The molecule has 2 aromatic rings. The number of carboxylic acids is 1. The van der Waals surface area contributed by atoms with Crippen molar-refractivity contribution < 1.29 is 43.6 Å². The van der Waals surface area contributed by atoms with Crippen molar-refractivity contribution >= 4 is 46.6 Å². The number of amides is 2. The van der Waals surface area contributed by atoms with E-state index in [2.05, 4.69) is 4.74 Å². The number of Topliss-reactive ketones (excluding diaryl/α,β-unsaturated/α-hetero) is 1. The summed E-state index contributed by atoms with van der Waals surface area (Å²) in [5.74, 6) is -0.862. The van der Waals surface area contributed by atoms with Gasteiger partial charge in [0.15, 0.2) is 15.9 Å². The first-order valence-corrected chi connectivity index (χ1v) is 16.5. The second-order valence-electron chi connectivity index (χ2n) is 10.7. The van der Waals surface area contributed by atoms with Crippen molar-refractivity contribution in [3.63, 3.8) is 0 Å². The van der Waals surface area contributed by atoms with Gasteiger partial charge in [-0.25, -0.2) is 14.4 Å². The van der Waals surface area contributed by atoms with Gasteiger partial charge in [-0.3, -0.25) is 9.69 Å². The summed E-state index contributed by atoms with van der Waals surface area (Å²) in [6, 6.07) is 6.46. The number of likely N-dealkylation sites (tertiary alicyclic amines) is 2. The Kier molecular flexibility index (Phi) is 15.0. The van der Waals surface area contributed by atoms with Crippen LogP contribution in [0.1, 0.15) is 75.0 Å². The van der Waals surface area contributed by atoms with E-state index in [0.717, 1.165) is 35.4 Å². The topological polar surface area (TPSA) is 143 Å². The van der Waals surface area contributed by atoms with E-state index in [1.807, 2.05) is 39.8 Å². The molecule has 4 heterocycles. The van der Waals surface area contributed by atoms with Gasteiger partial charge in [0.2, 0.25) is 5.60 Å². The van der Waals surface area contributed by atoms with Crippen LogP contribution in [-0.2, 0) is 19.1 Å². The normalized spacial score (nSPS) is 21.3. The van der Waals surface area contributed by atoms with Crippen molar-refractivity contribution in [1.29, 1.82) is 0 Å². The SMILES string of the molecule is CCCC1C(=O)CCCN1C(=O)OC.CCCC1N(C(=O)OC)CCCC1(Oc1ccc(C)s1)C(=O)O.Cc1ccc(O)s1. The number of ketones is 1. The number of hydrogen-bond acceptors (Lipinski definition) is 10. The summed E-state index contributed by atoms with van der Waals surface area (Å²) < 4.78 is 15.5. The van der Waals surface area contributed by atoms with Gasteiger partial charge in [0.05, 0.1) is 26.3 Å². The zero-order valence-corrected chi connectivity index (χ0v) is 28.1. The summed E-state index contributed by atoms with van der Waals surface area (Å²) in [6.45, 7) is 9.01. The third-order valence-electron chi connectivity index (χ3n) is 7.46. The van der Waals surface area contributed by atoms with Crippen LogP contribution in [0.3, 0.4) is 0 Å². The summed E-state index contributed by atoms with van der Waals surface area (Å²) in [7, 11) is 2.66. The Morgan fingerprint density at radius 2 is 1.50 bits per heavy atom. The van der Waals surface area contributed by atoms with Gasteiger partial charge in [0.1, 0.15) is 0 Å². The maximum Gasteiger partial charge on any atom is 0.410 e. The molecular weight excluding hydrogens is 608 g/mol. The minimum Gasteiger partial charge on any atom is -0.499 e. The molecule has 2 fully saturated rings. The highest BCUT2D eigenvalue weighted by Crippen LogP contribution is 2.38. The van der Waals surface area contributed by atoms with E-state index in [-0.39, 0.29) is 17.9 Å². The lowest BCUT2D eigenvalue weighted by Gasteiger charge is -2.46. The molecule has 2 N–H and O–H groups in total. The zero-order valence-electron chi connectivity index (χ0n) is 26.5.